The van der Waals surface area contributed by atoms with Crippen molar-refractivity contribution in [2.75, 3.05) is 4.90 Å². The molecule has 0 aliphatic heterocycles. The van der Waals surface area contributed by atoms with Gasteiger partial charge in [-0.1, -0.05) is 206 Å². The molecule has 13 rings (SSSR count). The van der Waals surface area contributed by atoms with Crippen LogP contribution in [-0.2, 0) is 0 Å². The Labute approximate surface area is 383 Å². The smallest absolute Gasteiger partial charge is 0.0541 e. The van der Waals surface area contributed by atoms with E-state index in [1.165, 1.54) is 93.2 Å². The van der Waals surface area contributed by atoms with Crippen molar-refractivity contribution in [2.45, 2.75) is 0 Å². The molecule has 0 atom stereocenters. The highest BCUT2D eigenvalue weighted by molar-refractivity contribution is 6.27. The molecule has 12 aromatic carbocycles. The van der Waals surface area contributed by atoms with Crippen molar-refractivity contribution in [1.29, 1.82) is 0 Å². The summed E-state index contributed by atoms with van der Waals surface area (Å²) >= 11 is 0. The minimum absolute atomic E-state index is 1.09. The van der Waals surface area contributed by atoms with Crippen molar-refractivity contribution in [3.8, 4) is 50.2 Å². The van der Waals surface area contributed by atoms with Crippen molar-refractivity contribution >= 4 is 71.2 Å². The molecule has 0 saturated heterocycles. The maximum Gasteiger partial charge on any atom is 0.0541 e. The first kappa shape index (κ1) is 37.8. The Morgan fingerprint density at radius 1 is 0.273 bits per heavy atom. The maximum atomic E-state index is 2.48. The first-order valence-corrected chi connectivity index (χ1v) is 22.8. The molecule has 0 N–H and O–H groups in total. The molecule has 0 bridgehead atoms. The van der Waals surface area contributed by atoms with Crippen LogP contribution in [0.25, 0.3) is 104 Å². The molecule has 13 aromatic rings. The monoisotopic (exact) mass is 838 g/mol. The van der Waals surface area contributed by atoms with Crippen LogP contribution in [0.3, 0.4) is 0 Å². The normalized spacial score (nSPS) is 11.6. The molecule has 308 valence electrons. The van der Waals surface area contributed by atoms with Crippen LogP contribution in [0, 0.1) is 0 Å². The van der Waals surface area contributed by atoms with E-state index in [4.69, 9.17) is 0 Å². The highest BCUT2D eigenvalue weighted by atomic mass is 15.1. The zero-order valence-electron chi connectivity index (χ0n) is 36.1. The lowest BCUT2D eigenvalue weighted by atomic mass is 9.91. The van der Waals surface area contributed by atoms with E-state index < -0.39 is 0 Å². The van der Waals surface area contributed by atoms with Crippen LogP contribution in [0.4, 0.5) is 17.1 Å². The summed E-state index contributed by atoms with van der Waals surface area (Å²) in [4.78, 5) is 2.48. The predicted molar refractivity (Wildman–Crippen MR) is 281 cm³/mol. The van der Waals surface area contributed by atoms with Crippen LogP contribution in [0.15, 0.2) is 255 Å². The maximum absolute atomic E-state index is 2.48. The lowest BCUT2D eigenvalue weighted by Crippen LogP contribution is -2.11. The second-order valence-corrected chi connectivity index (χ2v) is 17.2. The van der Waals surface area contributed by atoms with Gasteiger partial charge >= 0.3 is 0 Å². The Hall–Kier alpha value is -8.72. The van der Waals surface area contributed by atoms with E-state index >= 15 is 0 Å². The van der Waals surface area contributed by atoms with Crippen LogP contribution in [0.5, 0.6) is 0 Å². The molecule has 66 heavy (non-hydrogen) atoms. The van der Waals surface area contributed by atoms with Crippen LogP contribution >= 0.6 is 0 Å². The average Bonchev–Trinajstić information content (AvgIpc) is 3.73. The van der Waals surface area contributed by atoms with Gasteiger partial charge in [0.1, 0.15) is 0 Å². The number of fused-ring (bicyclic) bond motifs is 3. The molecule has 0 unspecified atom stereocenters. The Morgan fingerprint density at radius 2 is 0.682 bits per heavy atom. The predicted octanol–water partition coefficient (Wildman–Crippen LogP) is 17.8. The van der Waals surface area contributed by atoms with Crippen molar-refractivity contribution in [2.24, 2.45) is 0 Å². The molecule has 0 aliphatic carbocycles. The summed E-state index contributed by atoms with van der Waals surface area (Å²) in [7, 11) is 0. The number of rotatable bonds is 8. The van der Waals surface area contributed by atoms with Gasteiger partial charge in [0.25, 0.3) is 0 Å². The van der Waals surface area contributed by atoms with Gasteiger partial charge in [-0.3, -0.25) is 0 Å². The second-order valence-electron chi connectivity index (χ2n) is 17.2. The lowest BCUT2D eigenvalue weighted by Gasteiger charge is -2.29. The first-order valence-electron chi connectivity index (χ1n) is 22.8. The summed E-state index contributed by atoms with van der Waals surface area (Å²) in [6, 6.07) is 93.3. The fraction of sp³-hybridized carbons (Fsp3) is 0. The van der Waals surface area contributed by atoms with Crippen LogP contribution in [-0.4, -0.2) is 4.57 Å². The quantitative estimate of drug-likeness (QED) is 0.138. The lowest BCUT2D eigenvalue weighted by molar-refractivity contribution is 1.20. The van der Waals surface area contributed by atoms with Gasteiger partial charge in [0, 0.05) is 32.9 Å². The van der Waals surface area contributed by atoms with Gasteiger partial charge < -0.3 is 9.47 Å². The Morgan fingerprint density at radius 3 is 1.23 bits per heavy atom. The molecule has 0 radical (unpaired) electrons. The molecule has 0 fully saturated rings. The Kier molecular flexibility index (Phi) is 8.89. The van der Waals surface area contributed by atoms with E-state index in [1.54, 1.807) is 0 Å². The van der Waals surface area contributed by atoms with Crippen molar-refractivity contribution < 1.29 is 0 Å². The highest BCUT2D eigenvalue weighted by Crippen LogP contribution is 2.47. The molecule has 0 aliphatic rings. The summed E-state index contributed by atoms with van der Waals surface area (Å²) in [5.74, 6) is 0. The third kappa shape index (κ3) is 6.11. The number of aromatic nitrogens is 1. The third-order valence-electron chi connectivity index (χ3n) is 13.5. The third-order valence-corrected chi connectivity index (χ3v) is 13.5. The standard InChI is InChI=1S/C64H42N2/c1-3-17-43(18-4-1)51-25-7-9-27-53(51)47-21-15-23-49(41-47)65(50-24-16-22-48(42-50)54-28-10-8-26-52(54)44-19-5-2-6-20-44)61-39-35-45-34-38-58-62(40-36-46-33-37-57(61)63(45)64(46)58)66-59-31-13-11-29-55(59)56-30-12-14-32-60(56)66/h1-42H. The fourth-order valence-corrected chi connectivity index (χ4v) is 10.6. The van der Waals surface area contributed by atoms with E-state index in [1.807, 2.05) is 0 Å². The van der Waals surface area contributed by atoms with Gasteiger partial charge in [0.2, 0.25) is 0 Å². The number of nitrogens with zero attached hydrogens (tertiary/aromatic N) is 2. The molecule has 2 nitrogen and oxygen atoms in total. The van der Waals surface area contributed by atoms with Crippen LogP contribution in [0.2, 0.25) is 0 Å². The summed E-state index contributed by atoms with van der Waals surface area (Å²) < 4.78 is 2.46. The van der Waals surface area contributed by atoms with Gasteiger partial charge in [0.05, 0.1) is 22.4 Å². The summed E-state index contributed by atoms with van der Waals surface area (Å²) in [5, 5.41) is 9.97. The number of hydrogen-bond acceptors (Lipinski definition) is 1. The van der Waals surface area contributed by atoms with E-state index in [9.17, 15) is 0 Å². The summed E-state index contributed by atoms with van der Waals surface area (Å²) in [6.45, 7) is 0. The Bertz CT molecular complexity index is 3760. The number of anilines is 3. The zero-order chi connectivity index (χ0) is 43.6. The molecule has 2 heteroatoms. The van der Waals surface area contributed by atoms with E-state index in [-0.39, 0.29) is 0 Å². The van der Waals surface area contributed by atoms with Crippen molar-refractivity contribution in [3.05, 3.63) is 255 Å². The molecular formula is C64H42N2. The van der Waals surface area contributed by atoms with E-state index in [0.29, 0.717) is 0 Å². The second kappa shape index (κ2) is 15.5. The van der Waals surface area contributed by atoms with Gasteiger partial charge in [-0.25, -0.2) is 0 Å². The fourth-order valence-electron chi connectivity index (χ4n) is 10.6. The van der Waals surface area contributed by atoms with Gasteiger partial charge in [0.15, 0.2) is 0 Å². The van der Waals surface area contributed by atoms with Crippen molar-refractivity contribution in [1.82, 2.24) is 4.57 Å². The number of para-hydroxylation sites is 2. The molecule has 0 saturated carbocycles. The number of hydrogen-bond donors (Lipinski definition) is 0. The molecule has 0 spiro atoms. The topological polar surface area (TPSA) is 8.17 Å². The van der Waals surface area contributed by atoms with Crippen LogP contribution in [0.1, 0.15) is 0 Å². The minimum atomic E-state index is 1.09. The van der Waals surface area contributed by atoms with Gasteiger partial charge in [-0.05, 0) is 115 Å². The van der Waals surface area contributed by atoms with E-state index in [2.05, 4.69) is 264 Å². The highest BCUT2D eigenvalue weighted by Gasteiger charge is 2.22. The molecular weight excluding hydrogens is 797 g/mol. The van der Waals surface area contributed by atoms with Crippen molar-refractivity contribution in [3.63, 3.8) is 0 Å². The SMILES string of the molecule is c1ccc(-c2ccccc2-c2cccc(N(c3cccc(-c4ccccc4-c4ccccc4)c3)c3ccc4ccc5c(-n6c7ccccc7c7ccccc76)ccc6ccc3c4c65)c2)cc1. The van der Waals surface area contributed by atoms with E-state index in [0.717, 1.165) is 28.2 Å². The largest absolute Gasteiger partial charge is 0.310 e. The molecule has 1 aromatic heterocycles. The minimum Gasteiger partial charge on any atom is -0.310 e. The van der Waals surface area contributed by atoms with Gasteiger partial charge in [-0.15, -0.1) is 0 Å². The summed E-state index contributed by atoms with van der Waals surface area (Å²) in [6.07, 6.45) is 0. The van der Waals surface area contributed by atoms with Gasteiger partial charge in [-0.2, -0.15) is 0 Å². The first-order chi connectivity index (χ1) is 32.8. The number of benzene rings is 12. The Balaban J connectivity index is 1.05. The summed E-state index contributed by atoms with van der Waals surface area (Å²) in [5.41, 5.74) is 16.5. The zero-order valence-corrected chi connectivity index (χ0v) is 36.1. The molecule has 0 amide bonds. The van der Waals surface area contributed by atoms with Crippen LogP contribution < -0.4 is 4.90 Å². The molecule has 1 heterocycles. The average molecular weight is 839 g/mol.